The number of rotatable bonds is 4. The maximum atomic E-state index is 11.7. The van der Waals surface area contributed by atoms with Crippen LogP contribution in [0.3, 0.4) is 0 Å². The SMILES string of the molecule is CC(C)CC(=O)Nc1nc(-c2ccc3oc(=O)[nH]c3c2)cs1. The Hall–Kier alpha value is -2.41. The van der Waals surface area contributed by atoms with Crippen molar-refractivity contribution in [2.45, 2.75) is 20.3 Å². The summed E-state index contributed by atoms with van der Waals surface area (Å²) in [7, 11) is 0. The fourth-order valence-corrected chi connectivity index (χ4v) is 2.85. The van der Waals surface area contributed by atoms with Crippen LogP contribution in [-0.2, 0) is 4.79 Å². The van der Waals surface area contributed by atoms with Gasteiger partial charge >= 0.3 is 5.76 Å². The highest BCUT2D eigenvalue weighted by Crippen LogP contribution is 2.27. The molecule has 0 bridgehead atoms. The third-order valence-corrected chi connectivity index (χ3v) is 3.82. The molecule has 0 spiro atoms. The number of fused-ring (bicyclic) bond motifs is 1. The van der Waals surface area contributed by atoms with Crippen molar-refractivity contribution < 1.29 is 9.21 Å². The van der Waals surface area contributed by atoms with Crippen molar-refractivity contribution in [1.29, 1.82) is 0 Å². The summed E-state index contributed by atoms with van der Waals surface area (Å²) in [4.78, 5) is 29.9. The number of carbonyl (C=O) groups excluding carboxylic acids is 1. The first-order valence-corrected chi connectivity index (χ1v) is 7.78. The van der Waals surface area contributed by atoms with Gasteiger partial charge in [-0.15, -0.1) is 11.3 Å². The lowest BCUT2D eigenvalue weighted by Crippen LogP contribution is -2.13. The van der Waals surface area contributed by atoms with Crippen molar-refractivity contribution >= 4 is 33.5 Å². The fourth-order valence-electron chi connectivity index (χ4n) is 2.12. The molecule has 0 radical (unpaired) electrons. The van der Waals surface area contributed by atoms with E-state index in [0.29, 0.717) is 28.6 Å². The molecule has 6 nitrogen and oxygen atoms in total. The highest BCUT2D eigenvalue weighted by molar-refractivity contribution is 7.14. The minimum absolute atomic E-state index is 0.0366. The Bertz CT molecular complexity index is 875. The van der Waals surface area contributed by atoms with Gasteiger partial charge in [0.2, 0.25) is 5.91 Å². The van der Waals surface area contributed by atoms with Crippen LogP contribution < -0.4 is 11.1 Å². The number of hydrogen-bond acceptors (Lipinski definition) is 5. The van der Waals surface area contributed by atoms with E-state index in [1.165, 1.54) is 11.3 Å². The van der Waals surface area contributed by atoms with E-state index in [1.807, 2.05) is 25.3 Å². The normalized spacial score (nSPS) is 11.2. The molecule has 114 valence electrons. The molecule has 3 aromatic rings. The van der Waals surface area contributed by atoms with Gasteiger partial charge in [-0.3, -0.25) is 9.78 Å². The molecule has 22 heavy (non-hydrogen) atoms. The Labute approximate surface area is 130 Å². The molecule has 0 saturated heterocycles. The van der Waals surface area contributed by atoms with E-state index in [9.17, 15) is 9.59 Å². The first-order chi connectivity index (χ1) is 10.5. The number of thiazole rings is 1. The highest BCUT2D eigenvalue weighted by Gasteiger charge is 2.10. The van der Waals surface area contributed by atoms with Crippen LogP contribution in [0, 0.1) is 5.92 Å². The average molecular weight is 317 g/mol. The van der Waals surface area contributed by atoms with Gasteiger partial charge in [0, 0.05) is 17.4 Å². The lowest BCUT2D eigenvalue weighted by molar-refractivity contribution is -0.116. The topological polar surface area (TPSA) is 88.0 Å². The Morgan fingerprint density at radius 2 is 2.27 bits per heavy atom. The van der Waals surface area contributed by atoms with Gasteiger partial charge in [0.1, 0.15) is 0 Å². The van der Waals surface area contributed by atoms with E-state index in [1.54, 1.807) is 12.1 Å². The van der Waals surface area contributed by atoms with Crippen molar-refractivity contribution in [2.24, 2.45) is 5.92 Å². The van der Waals surface area contributed by atoms with Crippen molar-refractivity contribution in [2.75, 3.05) is 5.32 Å². The predicted octanol–water partition coefficient (Wildman–Crippen LogP) is 3.23. The fraction of sp³-hybridized carbons (Fsp3) is 0.267. The van der Waals surface area contributed by atoms with Crippen LogP contribution in [0.4, 0.5) is 5.13 Å². The van der Waals surface area contributed by atoms with Crippen molar-refractivity contribution in [3.05, 3.63) is 34.1 Å². The third-order valence-electron chi connectivity index (χ3n) is 3.06. The number of nitrogens with zero attached hydrogens (tertiary/aromatic N) is 1. The number of aromatic amines is 1. The van der Waals surface area contributed by atoms with Crippen LogP contribution in [0.5, 0.6) is 0 Å². The van der Waals surface area contributed by atoms with Crippen LogP contribution in [0.15, 0.2) is 32.8 Å². The summed E-state index contributed by atoms with van der Waals surface area (Å²) >= 11 is 1.37. The highest BCUT2D eigenvalue weighted by atomic mass is 32.1. The number of H-pyrrole nitrogens is 1. The quantitative estimate of drug-likeness (QED) is 0.773. The second-order valence-electron chi connectivity index (χ2n) is 5.41. The number of aromatic nitrogens is 2. The molecular weight excluding hydrogens is 302 g/mol. The number of benzene rings is 1. The van der Waals surface area contributed by atoms with Crippen molar-refractivity contribution in [3.8, 4) is 11.3 Å². The third kappa shape index (κ3) is 3.09. The Morgan fingerprint density at radius 1 is 1.45 bits per heavy atom. The summed E-state index contributed by atoms with van der Waals surface area (Å²) in [6, 6.07) is 5.35. The van der Waals surface area contributed by atoms with E-state index in [-0.39, 0.29) is 5.91 Å². The van der Waals surface area contributed by atoms with Crippen LogP contribution >= 0.6 is 11.3 Å². The number of carbonyl (C=O) groups is 1. The minimum Gasteiger partial charge on any atom is -0.408 e. The van der Waals surface area contributed by atoms with Crippen LogP contribution in [-0.4, -0.2) is 15.9 Å². The number of amides is 1. The molecule has 1 aromatic carbocycles. The Morgan fingerprint density at radius 3 is 3.05 bits per heavy atom. The lowest BCUT2D eigenvalue weighted by atomic mass is 10.1. The number of anilines is 1. The molecule has 0 unspecified atom stereocenters. The molecule has 0 aliphatic carbocycles. The van der Waals surface area contributed by atoms with E-state index in [4.69, 9.17) is 4.42 Å². The number of nitrogens with one attached hydrogen (secondary N) is 2. The maximum absolute atomic E-state index is 11.7. The van der Waals surface area contributed by atoms with Gasteiger partial charge in [0.25, 0.3) is 0 Å². The molecule has 2 aromatic heterocycles. The first-order valence-electron chi connectivity index (χ1n) is 6.90. The average Bonchev–Trinajstić information content (AvgIpc) is 3.01. The summed E-state index contributed by atoms with van der Waals surface area (Å²) in [5.74, 6) is -0.211. The van der Waals surface area contributed by atoms with Gasteiger partial charge in [-0.1, -0.05) is 13.8 Å². The zero-order valence-electron chi connectivity index (χ0n) is 12.2. The van der Waals surface area contributed by atoms with E-state index >= 15 is 0 Å². The van der Waals surface area contributed by atoms with Crippen molar-refractivity contribution in [3.63, 3.8) is 0 Å². The predicted molar refractivity (Wildman–Crippen MR) is 86.0 cm³/mol. The maximum Gasteiger partial charge on any atom is 0.417 e. The lowest BCUT2D eigenvalue weighted by Gasteiger charge is -2.03. The molecule has 0 aliphatic heterocycles. The molecule has 0 aliphatic rings. The van der Waals surface area contributed by atoms with E-state index in [2.05, 4.69) is 15.3 Å². The van der Waals surface area contributed by atoms with E-state index in [0.717, 1.165) is 11.3 Å². The molecule has 2 heterocycles. The monoisotopic (exact) mass is 317 g/mol. The summed E-state index contributed by atoms with van der Waals surface area (Å²) in [6.45, 7) is 3.99. The zero-order chi connectivity index (χ0) is 15.7. The summed E-state index contributed by atoms with van der Waals surface area (Å²) < 4.78 is 4.97. The standard InChI is InChI=1S/C15H15N3O3S/c1-8(2)5-13(19)18-14-16-11(7-22-14)9-3-4-12-10(6-9)17-15(20)21-12/h3-4,6-8H,5H2,1-2H3,(H,17,20)(H,16,18,19). The molecule has 2 N–H and O–H groups in total. The van der Waals surface area contributed by atoms with Gasteiger partial charge in [0.05, 0.1) is 11.2 Å². The van der Waals surface area contributed by atoms with E-state index < -0.39 is 5.76 Å². The second-order valence-corrected chi connectivity index (χ2v) is 6.27. The van der Waals surface area contributed by atoms with Gasteiger partial charge in [0.15, 0.2) is 10.7 Å². The molecular formula is C15H15N3O3S. The first kappa shape index (κ1) is 14.5. The summed E-state index contributed by atoms with van der Waals surface area (Å²) in [6.07, 6.45) is 0.469. The summed E-state index contributed by atoms with van der Waals surface area (Å²) in [5, 5.41) is 5.23. The molecule has 0 saturated carbocycles. The molecule has 0 atom stereocenters. The minimum atomic E-state index is -0.480. The van der Waals surface area contributed by atoms with Gasteiger partial charge in [-0.25, -0.2) is 9.78 Å². The molecule has 0 fully saturated rings. The molecule has 7 heteroatoms. The molecule has 3 rings (SSSR count). The zero-order valence-corrected chi connectivity index (χ0v) is 13.0. The Balaban J connectivity index is 1.82. The van der Waals surface area contributed by atoms with Gasteiger partial charge in [-0.2, -0.15) is 0 Å². The van der Waals surface area contributed by atoms with Crippen molar-refractivity contribution in [1.82, 2.24) is 9.97 Å². The summed E-state index contributed by atoms with van der Waals surface area (Å²) in [5.41, 5.74) is 2.73. The Kier molecular flexibility index (Phi) is 3.81. The molecule has 1 amide bonds. The largest absolute Gasteiger partial charge is 0.417 e. The van der Waals surface area contributed by atoms with Crippen LogP contribution in [0.2, 0.25) is 0 Å². The second kappa shape index (κ2) is 5.76. The number of hydrogen-bond donors (Lipinski definition) is 2. The smallest absolute Gasteiger partial charge is 0.408 e. The number of oxazole rings is 1. The van der Waals surface area contributed by atoms with Crippen LogP contribution in [0.25, 0.3) is 22.4 Å². The van der Waals surface area contributed by atoms with Crippen LogP contribution in [0.1, 0.15) is 20.3 Å². The van der Waals surface area contributed by atoms with Gasteiger partial charge < -0.3 is 9.73 Å². The van der Waals surface area contributed by atoms with Gasteiger partial charge in [-0.05, 0) is 24.1 Å².